The molecule has 0 heterocycles. The summed E-state index contributed by atoms with van der Waals surface area (Å²) < 4.78 is 5.25. The first kappa shape index (κ1) is 15.3. The number of non-ortho nitro benzene ring substituents is 1. The predicted molar refractivity (Wildman–Crippen MR) is 76.9 cm³/mol. The van der Waals surface area contributed by atoms with E-state index in [1.165, 1.54) is 12.1 Å². The van der Waals surface area contributed by atoms with E-state index in [0.29, 0.717) is 17.5 Å². The Morgan fingerprint density at radius 1 is 1.32 bits per heavy atom. The van der Waals surface area contributed by atoms with Crippen LogP contribution in [-0.2, 0) is 0 Å². The highest BCUT2D eigenvalue weighted by molar-refractivity contribution is 5.62. The fourth-order valence-corrected chi connectivity index (χ4v) is 2.13. The molecular formula is C14H22N2O3. The van der Waals surface area contributed by atoms with Gasteiger partial charge in [-0.2, -0.15) is 0 Å². The summed E-state index contributed by atoms with van der Waals surface area (Å²) in [5.41, 5.74) is 0.777. The van der Waals surface area contributed by atoms with Crippen LogP contribution in [0, 0.1) is 10.1 Å². The van der Waals surface area contributed by atoms with Crippen molar-refractivity contribution in [3.05, 3.63) is 28.3 Å². The van der Waals surface area contributed by atoms with Crippen LogP contribution < -0.4 is 10.1 Å². The molecule has 5 heteroatoms. The van der Waals surface area contributed by atoms with E-state index in [0.717, 1.165) is 25.7 Å². The quantitative estimate of drug-likeness (QED) is 0.571. The van der Waals surface area contributed by atoms with Gasteiger partial charge in [0.15, 0.2) is 0 Å². The van der Waals surface area contributed by atoms with E-state index in [9.17, 15) is 10.1 Å². The van der Waals surface area contributed by atoms with Gasteiger partial charge in [-0.15, -0.1) is 0 Å². The van der Waals surface area contributed by atoms with E-state index >= 15 is 0 Å². The molecule has 0 fully saturated rings. The van der Waals surface area contributed by atoms with E-state index in [4.69, 9.17) is 4.74 Å². The number of nitrogens with one attached hydrogen (secondary N) is 1. The van der Waals surface area contributed by atoms with E-state index in [2.05, 4.69) is 19.2 Å². The van der Waals surface area contributed by atoms with Crippen LogP contribution in [0.2, 0.25) is 0 Å². The molecule has 0 aliphatic heterocycles. The number of nitrogens with zero attached hydrogens (tertiary/aromatic N) is 1. The largest absolute Gasteiger partial charge is 0.495 e. The van der Waals surface area contributed by atoms with Gasteiger partial charge in [-0.25, -0.2) is 0 Å². The lowest BCUT2D eigenvalue weighted by atomic mass is 10.1. The van der Waals surface area contributed by atoms with Gasteiger partial charge in [0.25, 0.3) is 5.69 Å². The summed E-state index contributed by atoms with van der Waals surface area (Å²) in [4.78, 5) is 10.4. The first-order chi connectivity index (χ1) is 9.12. The van der Waals surface area contributed by atoms with E-state index in [1.807, 2.05) is 0 Å². The van der Waals surface area contributed by atoms with Crippen molar-refractivity contribution >= 4 is 11.4 Å². The van der Waals surface area contributed by atoms with E-state index < -0.39 is 0 Å². The van der Waals surface area contributed by atoms with Gasteiger partial charge in [0.1, 0.15) is 5.75 Å². The summed E-state index contributed by atoms with van der Waals surface area (Å²) in [7, 11) is 1.57. The second kappa shape index (κ2) is 7.61. The van der Waals surface area contributed by atoms with Crippen molar-refractivity contribution in [2.75, 3.05) is 12.4 Å². The monoisotopic (exact) mass is 266 g/mol. The highest BCUT2D eigenvalue weighted by Crippen LogP contribution is 2.30. The van der Waals surface area contributed by atoms with Gasteiger partial charge in [-0.1, -0.05) is 26.7 Å². The van der Waals surface area contributed by atoms with Gasteiger partial charge in [-0.05, 0) is 18.9 Å². The maximum Gasteiger partial charge on any atom is 0.271 e. The second-order valence-electron chi connectivity index (χ2n) is 4.56. The second-order valence-corrected chi connectivity index (χ2v) is 4.56. The Bertz CT molecular complexity index is 415. The van der Waals surface area contributed by atoms with Crippen LogP contribution in [0.1, 0.15) is 39.5 Å². The van der Waals surface area contributed by atoms with Crippen LogP contribution >= 0.6 is 0 Å². The molecule has 1 rings (SSSR count). The highest BCUT2D eigenvalue weighted by Gasteiger charge is 2.14. The van der Waals surface area contributed by atoms with Gasteiger partial charge >= 0.3 is 0 Å². The number of ether oxygens (including phenoxy) is 1. The Kier molecular flexibility index (Phi) is 6.12. The Morgan fingerprint density at radius 3 is 2.42 bits per heavy atom. The van der Waals surface area contributed by atoms with Gasteiger partial charge in [-0.3, -0.25) is 10.1 Å². The minimum Gasteiger partial charge on any atom is -0.495 e. The zero-order chi connectivity index (χ0) is 14.3. The molecule has 0 bridgehead atoms. The molecule has 0 spiro atoms. The van der Waals surface area contributed by atoms with Crippen LogP contribution in [0.5, 0.6) is 5.75 Å². The maximum absolute atomic E-state index is 10.8. The fourth-order valence-electron chi connectivity index (χ4n) is 2.13. The third kappa shape index (κ3) is 4.43. The topological polar surface area (TPSA) is 64.4 Å². The Balaban J connectivity index is 2.94. The fraction of sp³-hybridized carbons (Fsp3) is 0.571. The normalized spacial score (nSPS) is 10.5. The van der Waals surface area contributed by atoms with Gasteiger partial charge in [0, 0.05) is 18.2 Å². The molecule has 0 aromatic heterocycles. The zero-order valence-corrected chi connectivity index (χ0v) is 11.8. The smallest absolute Gasteiger partial charge is 0.271 e. The van der Waals surface area contributed by atoms with Gasteiger partial charge in [0.05, 0.1) is 17.7 Å². The maximum atomic E-state index is 10.8. The van der Waals surface area contributed by atoms with Crippen LogP contribution in [0.15, 0.2) is 18.2 Å². The molecule has 0 saturated heterocycles. The minimum absolute atomic E-state index is 0.0787. The number of hydrogen-bond donors (Lipinski definition) is 1. The predicted octanol–water partition coefficient (Wildman–Crippen LogP) is 3.98. The average molecular weight is 266 g/mol. The first-order valence-corrected chi connectivity index (χ1v) is 6.71. The summed E-state index contributed by atoms with van der Waals surface area (Å²) in [5.74, 6) is 0.641. The summed E-state index contributed by atoms with van der Waals surface area (Å²) in [6.45, 7) is 4.27. The number of rotatable bonds is 8. The number of methoxy groups -OCH3 is 1. The molecule has 19 heavy (non-hydrogen) atoms. The minimum atomic E-state index is -0.390. The van der Waals surface area contributed by atoms with E-state index in [1.54, 1.807) is 13.2 Å². The number of benzene rings is 1. The summed E-state index contributed by atoms with van der Waals surface area (Å²) in [6, 6.07) is 4.96. The van der Waals surface area contributed by atoms with Gasteiger partial charge in [0.2, 0.25) is 0 Å². The van der Waals surface area contributed by atoms with E-state index in [-0.39, 0.29) is 10.6 Å². The summed E-state index contributed by atoms with van der Waals surface area (Å²) in [6.07, 6.45) is 4.24. The van der Waals surface area contributed by atoms with Crippen molar-refractivity contribution in [1.29, 1.82) is 0 Å². The molecule has 1 aromatic rings. The first-order valence-electron chi connectivity index (χ1n) is 6.71. The van der Waals surface area contributed by atoms with Crippen LogP contribution in [-0.4, -0.2) is 18.1 Å². The molecule has 0 aliphatic carbocycles. The number of hydrogen-bond acceptors (Lipinski definition) is 4. The van der Waals surface area contributed by atoms with Crippen molar-refractivity contribution < 1.29 is 9.66 Å². The third-order valence-corrected chi connectivity index (χ3v) is 3.03. The molecule has 0 amide bonds. The lowest BCUT2D eigenvalue weighted by Gasteiger charge is -2.20. The van der Waals surface area contributed by atoms with Crippen molar-refractivity contribution in [3.63, 3.8) is 0 Å². The van der Waals surface area contributed by atoms with Crippen molar-refractivity contribution in [2.45, 2.75) is 45.6 Å². The molecular weight excluding hydrogens is 244 g/mol. The van der Waals surface area contributed by atoms with Crippen molar-refractivity contribution in [2.24, 2.45) is 0 Å². The molecule has 0 aliphatic rings. The zero-order valence-electron chi connectivity index (χ0n) is 11.8. The third-order valence-electron chi connectivity index (χ3n) is 3.03. The molecule has 0 unspecified atom stereocenters. The molecule has 0 atom stereocenters. The SMILES string of the molecule is CCCC(CCC)Nc1cc([N+](=O)[O-])ccc1OC. The Labute approximate surface area is 114 Å². The van der Waals surface area contributed by atoms with Crippen LogP contribution in [0.3, 0.4) is 0 Å². The number of nitro benzene ring substituents is 1. The standard InChI is InChI=1S/C14H22N2O3/c1-4-6-11(7-5-2)15-13-10-12(16(17)18)8-9-14(13)19-3/h8-11,15H,4-7H2,1-3H3. The number of anilines is 1. The lowest BCUT2D eigenvalue weighted by molar-refractivity contribution is -0.384. The summed E-state index contributed by atoms with van der Waals surface area (Å²) in [5, 5.41) is 14.2. The highest BCUT2D eigenvalue weighted by atomic mass is 16.6. The van der Waals surface area contributed by atoms with Crippen LogP contribution in [0.4, 0.5) is 11.4 Å². The van der Waals surface area contributed by atoms with Gasteiger partial charge < -0.3 is 10.1 Å². The molecule has 1 aromatic carbocycles. The molecule has 106 valence electrons. The molecule has 0 saturated carbocycles. The van der Waals surface area contributed by atoms with Crippen LogP contribution in [0.25, 0.3) is 0 Å². The molecule has 1 N–H and O–H groups in total. The molecule has 5 nitrogen and oxygen atoms in total. The lowest BCUT2D eigenvalue weighted by Crippen LogP contribution is -2.19. The summed E-state index contributed by atoms with van der Waals surface area (Å²) >= 11 is 0. The van der Waals surface area contributed by atoms with Crippen molar-refractivity contribution in [3.8, 4) is 5.75 Å². The Morgan fingerprint density at radius 2 is 1.95 bits per heavy atom. The average Bonchev–Trinajstić information content (AvgIpc) is 2.39. The van der Waals surface area contributed by atoms with Crippen molar-refractivity contribution in [1.82, 2.24) is 0 Å². The Hall–Kier alpha value is -1.78. The number of nitro groups is 1. The molecule has 0 radical (unpaired) electrons.